The number of thiazole rings is 1. The fourth-order valence-electron chi connectivity index (χ4n) is 3.51. The maximum atomic E-state index is 13.2. The second-order valence-corrected chi connectivity index (χ2v) is 7.85. The van der Waals surface area contributed by atoms with Gasteiger partial charge in [0, 0.05) is 19.2 Å². The first-order chi connectivity index (χ1) is 14.9. The summed E-state index contributed by atoms with van der Waals surface area (Å²) in [5.74, 6) is 1.13. The molecule has 0 aliphatic heterocycles. The molecule has 0 bridgehead atoms. The van der Waals surface area contributed by atoms with Gasteiger partial charge in [0.2, 0.25) is 0 Å². The van der Waals surface area contributed by atoms with E-state index in [1.165, 1.54) is 6.07 Å². The summed E-state index contributed by atoms with van der Waals surface area (Å²) in [7, 11) is 1.57. The number of halogens is 3. The van der Waals surface area contributed by atoms with E-state index in [4.69, 9.17) is 4.74 Å². The zero-order valence-corrected chi connectivity index (χ0v) is 17.1. The summed E-state index contributed by atoms with van der Waals surface area (Å²) in [5, 5.41) is 0. The maximum absolute atomic E-state index is 13.2. The van der Waals surface area contributed by atoms with Crippen molar-refractivity contribution in [1.29, 1.82) is 0 Å². The van der Waals surface area contributed by atoms with Crippen LogP contribution in [0.2, 0.25) is 0 Å². The smallest absolute Gasteiger partial charge is 0.383 e. The van der Waals surface area contributed by atoms with Gasteiger partial charge in [-0.15, -0.1) is 11.3 Å². The molecule has 0 saturated heterocycles. The van der Waals surface area contributed by atoms with Crippen LogP contribution in [0.1, 0.15) is 5.56 Å². The number of methoxy groups -OCH3 is 1. The standard InChI is InChI=1S/C21H16F3N5OS/c1-30-7-6-29-17-4-3-13(21(22,23)24)9-14(17)28-20(29)16-10-25-19(27-16)12-2-5-18-15(8-12)26-11-31-18/h2-5,8-11H,6-7H2,1H3,(H,25,27). The van der Waals surface area contributed by atoms with Gasteiger partial charge < -0.3 is 14.3 Å². The van der Waals surface area contributed by atoms with Gasteiger partial charge in [0.05, 0.1) is 45.1 Å². The van der Waals surface area contributed by atoms with Crippen molar-refractivity contribution in [3.8, 4) is 22.9 Å². The van der Waals surface area contributed by atoms with Crippen LogP contribution in [0.25, 0.3) is 44.2 Å². The first-order valence-corrected chi connectivity index (χ1v) is 10.3. The minimum Gasteiger partial charge on any atom is -0.383 e. The fraction of sp³-hybridized carbons (Fsp3) is 0.190. The first kappa shape index (κ1) is 19.7. The minimum atomic E-state index is -4.43. The largest absolute Gasteiger partial charge is 0.416 e. The highest BCUT2D eigenvalue weighted by Gasteiger charge is 2.31. The van der Waals surface area contributed by atoms with Crippen LogP contribution in [0.15, 0.2) is 48.1 Å². The maximum Gasteiger partial charge on any atom is 0.416 e. The lowest BCUT2D eigenvalue weighted by molar-refractivity contribution is -0.137. The highest BCUT2D eigenvalue weighted by Crippen LogP contribution is 2.33. The normalized spacial score (nSPS) is 12.3. The molecule has 1 N–H and O–H groups in total. The molecule has 0 atom stereocenters. The lowest BCUT2D eigenvalue weighted by Crippen LogP contribution is -2.07. The number of hydrogen-bond donors (Lipinski definition) is 1. The van der Waals surface area contributed by atoms with Gasteiger partial charge >= 0.3 is 6.18 Å². The molecule has 5 rings (SSSR count). The Morgan fingerprint density at radius 2 is 1.97 bits per heavy atom. The molecule has 5 aromatic rings. The molecule has 0 saturated carbocycles. The average molecular weight is 443 g/mol. The van der Waals surface area contributed by atoms with E-state index in [9.17, 15) is 13.2 Å². The third kappa shape index (κ3) is 3.57. The number of benzene rings is 2. The monoisotopic (exact) mass is 443 g/mol. The molecule has 3 heterocycles. The number of fused-ring (bicyclic) bond motifs is 2. The van der Waals surface area contributed by atoms with Gasteiger partial charge in [-0.25, -0.2) is 15.0 Å². The van der Waals surface area contributed by atoms with E-state index >= 15 is 0 Å². The number of aromatic amines is 1. The molecule has 0 spiro atoms. The highest BCUT2D eigenvalue weighted by molar-refractivity contribution is 7.16. The van der Waals surface area contributed by atoms with Crippen LogP contribution >= 0.6 is 11.3 Å². The van der Waals surface area contributed by atoms with E-state index in [0.717, 1.165) is 27.9 Å². The Morgan fingerprint density at radius 3 is 2.77 bits per heavy atom. The Hall–Kier alpha value is -3.24. The van der Waals surface area contributed by atoms with Crippen molar-refractivity contribution in [2.24, 2.45) is 0 Å². The summed E-state index contributed by atoms with van der Waals surface area (Å²) in [5.41, 5.74) is 4.27. The summed E-state index contributed by atoms with van der Waals surface area (Å²) in [6, 6.07) is 9.45. The number of imidazole rings is 2. The van der Waals surface area contributed by atoms with Crippen LogP contribution in [0.5, 0.6) is 0 Å². The zero-order valence-electron chi connectivity index (χ0n) is 16.3. The van der Waals surface area contributed by atoms with E-state index in [1.807, 2.05) is 22.8 Å². The Labute approximate surface area is 178 Å². The molecule has 0 fully saturated rings. The van der Waals surface area contributed by atoms with Crippen molar-refractivity contribution in [2.45, 2.75) is 12.7 Å². The lowest BCUT2D eigenvalue weighted by Gasteiger charge is -2.08. The Kier molecular flexibility index (Phi) is 4.75. The van der Waals surface area contributed by atoms with Gasteiger partial charge in [-0.3, -0.25) is 0 Å². The van der Waals surface area contributed by atoms with Crippen molar-refractivity contribution < 1.29 is 17.9 Å². The quantitative estimate of drug-likeness (QED) is 0.397. The SMILES string of the molecule is COCCn1c(-c2cnc(-c3ccc4scnc4c3)[nH]2)nc2cc(C(F)(F)F)ccc21. The molecular formula is C21H16F3N5OS. The predicted molar refractivity (Wildman–Crippen MR) is 113 cm³/mol. The Balaban J connectivity index is 1.60. The van der Waals surface area contributed by atoms with E-state index in [-0.39, 0.29) is 5.52 Å². The molecule has 31 heavy (non-hydrogen) atoms. The van der Waals surface area contributed by atoms with Gasteiger partial charge in [-0.1, -0.05) is 0 Å². The van der Waals surface area contributed by atoms with E-state index in [0.29, 0.717) is 36.0 Å². The molecule has 0 aliphatic rings. The molecule has 3 aromatic heterocycles. The zero-order chi connectivity index (χ0) is 21.6. The molecule has 158 valence electrons. The molecule has 0 amide bonds. The van der Waals surface area contributed by atoms with Gasteiger partial charge in [0.15, 0.2) is 5.82 Å². The number of nitrogens with zero attached hydrogens (tertiary/aromatic N) is 4. The van der Waals surface area contributed by atoms with Crippen LogP contribution < -0.4 is 0 Å². The molecule has 10 heteroatoms. The van der Waals surface area contributed by atoms with Crippen LogP contribution in [-0.2, 0) is 17.5 Å². The minimum absolute atomic E-state index is 0.265. The number of rotatable bonds is 5. The van der Waals surface area contributed by atoms with Crippen molar-refractivity contribution in [3.63, 3.8) is 0 Å². The molecule has 0 aliphatic carbocycles. The van der Waals surface area contributed by atoms with E-state index in [1.54, 1.807) is 30.2 Å². The second-order valence-electron chi connectivity index (χ2n) is 6.96. The molecule has 6 nitrogen and oxygen atoms in total. The van der Waals surface area contributed by atoms with Gasteiger partial charge in [0.1, 0.15) is 11.5 Å². The second kappa shape index (κ2) is 7.47. The molecule has 2 aromatic carbocycles. The Bertz CT molecular complexity index is 1380. The number of alkyl halides is 3. The topological polar surface area (TPSA) is 68.6 Å². The molecular weight excluding hydrogens is 427 g/mol. The van der Waals surface area contributed by atoms with Gasteiger partial charge in [-0.2, -0.15) is 13.2 Å². The third-order valence-corrected chi connectivity index (χ3v) is 5.83. The molecule has 0 unspecified atom stereocenters. The highest BCUT2D eigenvalue weighted by atomic mass is 32.1. The van der Waals surface area contributed by atoms with Crippen LogP contribution in [-0.4, -0.2) is 38.2 Å². The Morgan fingerprint density at radius 1 is 1.10 bits per heavy atom. The first-order valence-electron chi connectivity index (χ1n) is 9.39. The third-order valence-electron chi connectivity index (χ3n) is 5.02. The number of ether oxygens (including phenoxy) is 1. The number of hydrogen-bond acceptors (Lipinski definition) is 5. The van der Waals surface area contributed by atoms with Crippen LogP contribution in [0.4, 0.5) is 13.2 Å². The number of aromatic nitrogens is 5. The predicted octanol–water partition coefficient (Wildman–Crippen LogP) is 5.37. The van der Waals surface area contributed by atoms with Gasteiger partial charge in [0.25, 0.3) is 0 Å². The lowest BCUT2D eigenvalue weighted by atomic mass is 10.2. The number of nitrogens with one attached hydrogen (secondary N) is 1. The summed E-state index contributed by atoms with van der Waals surface area (Å²) in [6.07, 6.45) is -2.80. The van der Waals surface area contributed by atoms with E-state index in [2.05, 4.69) is 19.9 Å². The van der Waals surface area contributed by atoms with Crippen molar-refractivity contribution in [3.05, 3.63) is 53.7 Å². The van der Waals surface area contributed by atoms with Gasteiger partial charge in [-0.05, 0) is 36.4 Å². The van der Waals surface area contributed by atoms with Crippen molar-refractivity contribution >= 4 is 32.6 Å². The van der Waals surface area contributed by atoms with E-state index < -0.39 is 11.7 Å². The molecule has 0 radical (unpaired) electrons. The van der Waals surface area contributed by atoms with Crippen LogP contribution in [0.3, 0.4) is 0 Å². The number of H-pyrrole nitrogens is 1. The summed E-state index contributed by atoms with van der Waals surface area (Å²) < 4.78 is 47.6. The average Bonchev–Trinajstić information content (AvgIpc) is 3.48. The summed E-state index contributed by atoms with van der Waals surface area (Å²) >= 11 is 1.56. The van der Waals surface area contributed by atoms with Crippen LogP contribution in [0, 0.1) is 0 Å². The summed E-state index contributed by atoms with van der Waals surface area (Å²) in [6.45, 7) is 0.827. The summed E-state index contributed by atoms with van der Waals surface area (Å²) in [4.78, 5) is 16.5. The van der Waals surface area contributed by atoms with Crippen molar-refractivity contribution in [2.75, 3.05) is 13.7 Å². The fourth-order valence-corrected chi connectivity index (χ4v) is 4.17. The van der Waals surface area contributed by atoms with Crippen molar-refractivity contribution in [1.82, 2.24) is 24.5 Å².